The maximum atomic E-state index is 4.75. The van der Waals surface area contributed by atoms with Crippen molar-refractivity contribution in [2.75, 3.05) is 19.6 Å². The number of imidazole rings is 1. The number of hydrogen-bond acceptors (Lipinski definition) is 2. The second-order valence-corrected chi connectivity index (χ2v) is 8.02. The lowest BCUT2D eigenvalue weighted by molar-refractivity contribution is 0.225. The minimum absolute atomic E-state index is 1.00. The summed E-state index contributed by atoms with van der Waals surface area (Å²) in [5.74, 6) is 0. The zero-order valence-corrected chi connectivity index (χ0v) is 17.0. The van der Waals surface area contributed by atoms with Crippen LogP contribution in [0.5, 0.6) is 0 Å². The number of nitrogens with zero attached hydrogens (tertiary/aromatic N) is 3. The SMILES string of the molecule is Cc1ccn2cc(-c3ccc(/C=C/CCCCN4CCCCC4)cc3)nc2c1. The molecule has 0 saturated carbocycles. The van der Waals surface area contributed by atoms with Crippen LogP contribution in [0.1, 0.15) is 49.7 Å². The first kappa shape index (κ1) is 18.9. The summed E-state index contributed by atoms with van der Waals surface area (Å²) in [5, 5.41) is 0. The Kier molecular flexibility index (Phi) is 6.23. The van der Waals surface area contributed by atoms with Crippen molar-refractivity contribution in [2.45, 2.75) is 45.4 Å². The van der Waals surface area contributed by atoms with Gasteiger partial charge in [0.1, 0.15) is 5.65 Å². The Labute approximate surface area is 168 Å². The number of hydrogen-bond donors (Lipinski definition) is 0. The second kappa shape index (κ2) is 9.20. The fourth-order valence-corrected chi connectivity index (χ4v) is 3.99. The van der Waals surface area contributed by atoms with Gasteiger partial charge in [0, 0.05) is 18.0 Å². The van der Waals surface area contributed by atoms with Crippen molar-refractivity contribution in [1.82, 2.24) is 14.3 Å². The number of rotatable bonds is 7. The van der Waals surface area contributed by atoms with E-state index in [-0.39, 0.29) is 0 Å². The van der Waals surface area contributed by atoms with E-state index in [1.54, 1.807) is 0 Å². The van der Waals surface area contributed by atoms with Gasteiger partial charge in [-0.2, -0.15) is 0 Å². The topological polar surface area (TPSA) is 20.5 Å². The molecule has 1 fully saturated rings. The van der Waals surface area contributed by atoms with E-state index in [2.05, 4.69) is 77.2 Å². The monoisotopic (exact) mass is 373 g/mol. The van der Waals surface area contributed by atoms with Gasteiger partial charge < -0.3 is 9.30 Å². The summed E-state index contributed by atoms with van der Waals surface area (Å²) in [6.07, 6.45) is 16.7. The van der Waals surface area contributed by atoms with Crippen molar-refractivity contribution >= 4 is 11.7 Å². The van der Waals surface area contributed by atoms with Crippen molar-refractivity contribution in [1.29, 1.82) is 0 Å². The number of benzene rings is 1. The van der Waals surface area contributed by atoms with Crippen LogP contribution in [0.4, 0.5) is 0 Å². The lowest BCUT2D eigenvalue weighted by atomic mass is 10.1. The molecule has 1 aliphatic rings. The average Bonchev–Trinajstić information content (AvgIpc) is 3.15. The van der Waals surface area contributed by atoms with E-state index in [1.165, 1.54) is 74.8 Å². The van der Waals surface area contributed by atoms with E-state index in [4.69, 9.17) is 4.98 Å². The third-order valence-electron chi connectivity index (χ3n) is 5.68. The molecule has 0 bridgehead atoms. The molecule has 1 saturated heterocycles. The second-order valence-electron chi connectivity index (χ2n) is 8.02. The molecule has 3 nitrogen and oxygen atoms in total. The number of likely N-dealkylation sites (tertiary alicyclic amines) is 1. The standard InChI is InChI=1S/C25H31N3/c1-21-14-18-28-20-24(26-25(28)19-21)23-12-10-22(11-13-23)9-5-2-3-6-15-27-16-7-4-8-17-27/h5,9-14,18-20H,2-4,6-8,15-17H2,1H3/b9-5+. The third-order valence-corrected chi connectivity index (χ3v) is 5.68. The number of aryl methyl sites for hydroxylation is 1. The molecule has 1 aromatic carbocycles. The van der Waals surface area contributed by atoms with E-state index in [0.29, 0.717) is 0 Å². The third kappa shape index (κ3) is 4.90. The number of aromatic nitrogens is 2. The molecule has 0 atom stereocenters. The van der Waals surface area contributed by atoms with Gasteiger partial charge in [0.2, 0.25) is 0 Å². The molecular formula is C25H31N3. The molecule has 0 spiro atoms. The highest BCUT2D eigenvalue weighted by Gasteiger charge is 2.08. The number of unbranched alkanes of at least 4 members (excludes halogenated alkanes) is 2. The van der Waals surface area contributed by atoms with Crippen LogP contribution in [-0.4, -0.2) is 33.9 Å². The summed E-state index contributed by atoms with van der Waals surface area (Å²) in [5.41, 5.74) is 5.70. The van der Waals surface area contributed by atoms with Crippen molar-refractivity contribution < 1.29 is 0 Å². The van der Waals surface area contributed by atoms with Gasteiger partial charge >= 0.3 is 0 Å². The molecule has 0 N–H and O–H groups in total. The Morgan fingerprint density at radius 1 is 1.00 bits per heavy atom. The molecule has 1 aliphatic heterocycles. The summed E-state index contributed by atoms with van der Waals surface area (Å²) in [4.78, 5) is 7.38. The van der Waals surface area contributed by atoms with Gasteiger partial charge in [0.15, 0.2) is 0 Å². The number of fused-ring (bicyclic) bond motifs is 1. The lowest BCUT2D eigenvalue weighted by Crippen LogP contribution is -2.30. The van der Waals surface area contributed by atoms with E-state index in [9.17, 15) is 0 Å². The fraction of sp³-hybridized carbons (Fsp3) is 0.400. The molecule has 0 aliphatic carbocycles. The average molecular weight is 374 g/mol. The van der Waals surface area contributed by atoms with Crippen molar-refractivity contribution in [2.24, 2.45) is 0 Å². The Morgan fingerprint density at radius 2 is 1.82 bits per heavy atom. The summed E-state index contributed by atoms with van der Waals surface area (Å²) in [6.45, 7) is 6.01. The Hall–Kier alpha value is -2.39. The van der Waals surface area contributed by atoms with E-state index >= 15 is 0 Å². The van der Waals surface area contributed by atoms with Crippen LogP contribution < -0.4 is 0 Å². The Bertz CT molecular complexity index is 915. The smallest absolute Gasteiger partial charge is 0.137 e. The fourth-order valence-electron chi connectivity index (χ4n) is 3.99. The number of pyridine rings is 1. The highest BCUT2D eigenvalue weighted by molar-refractivity contribution is 5.65. The number of allylic oxidation sites excluding steroid dienone is 1. The minimum atomic E-state index is 1.00. The van der Waals surface area contributed by atoms with Gasteiger partial charge in [-0.15, -0.1) is 0 Å². The van der Waals surface area contributed by atoms with Crippen molar-refractivity contribution in [3.63, 3.8) is 0 Å². The van der Waals surface area contributed by atoms with Crippen LogP contribution in [0.15, 0.2) is 54.9 Å². The molecule has 0 amide bonds. The maximum absolute atomic E-state index is 4.75. The summed E-state index contributed by atoms with van der Waals surface area (Å²) >= 11 is 0. The zero-order chi connectivity index (χ0) is 19.2. The first-order valence-electron chi connectivity index (χ1n) is 10.7. The van der Waals surface area contributed by atoms with E-state index in [1.807, 2.05) is 0 Å². The lowest BCUT2D eigenvalue weighted by Gasteiger charge is -2.26. The Morgan fingerprint density at radius 3 is 2.64 bits per heavy atom. The van der Waals surface area contributed by atoms with Crippen LogP contribution in [0, 0.1) is 6.92 Å². The van der Waals surface area contributed by atoms with Crippen LogP contribution >= 0.6 is 0 Å². The van der Waals surface area contributed by atoms with Gasteiger partial charge in [-0.1, -0.05) is 42.8 Å². The molecule has 3 heterocycles. The minimum Gasteiger partial charge on any atom is -0.306 e. The molecule has 3 aromatic rings. The quantitative estimate of drug-likeness (QED) is 0.475. The first-order chi connectivity index (χ1) is 13.8. The van der Waals surface area contributed by atoms with Crippen LogP contribution in [-0.2, 0) is 0 Å². The van der Waals surface area contributed by atoms with Gasteiger partial charge in [-0.25, -0.2) is 4.98 Å². The number of piperidine rings is 1. The first-order valence-corrected chi connectivity index (χ1v) is 10.7. The highest BCUT2D eigenvalue weighted by Crippen LogP contribution is 2.21. The van der Waals surface area contributed by atoms with Crippen molar-refractivity contribution in [3.8, 4) is 11.3 Å². The highest BCUT2D eigenvalue weighted by atomic mass is 15.1. The van der Waals surface area contributed by atoms with Gasteiger partial charge in [0.05, 0.1) is 5.69 Å². The largest absolute Gasteiger partial charge is 0.306 e. The van der Waals surface area contributed by atoms with E-state index < -0.39 is 0 Å². The molecule has 0 unspecified atom stereocenters. The predicted molar refractivity (Wildman–Crippen MR) is 119 cm³/mol. The predicted octanol–water partition coefficient (Wildman–Crippen LogP) is 5.98. The molecule has 2 aromatic heterocycles. The zero-order valence-electron chi connectivity index (χ0n) is 17.0. The van der Waals surface area contributed by atoms with Crippen LogP contribution in [0.3, 0.4) is 0 Å². The van der Waals surface area contributed by atoms with Gasteiger partial charge in [-0.05, 0) is 81.9 Å². The van der Waals surface area contributed by atoms with Gasteiger partial charge in [-0.3, -0.25) is 0 Å². The van der Waals surface area contributed by atoms with Crippen molar-refractivity contribution in [3.05, 3.63) is 66.0 Å². The molecule has 4 rings (SSSR count). The summed E-state index contributed by atoms with van der Waals surface area (Å²) in [7, 11) is 0. The summed E-state index contributed by atoms with van der Waals surface area (Å²) < 4.78 is 2.08. The van der Waals surface area contributed by atoms with Gasteiger partial charge in [0.25, 0.3) is 0 Å². The molecule has 3 heteroatoms. The molecule has 146 valence electrons. The molecular weight excluding hydrogens is 342 g/mol. The van der Waals surface area contributed by atoms with Crippen LogP contribution in [0.2, 0.25) is 0 Å². The van der Waals surface area contributed by atoms with E-state index in [0.717, 1.165) is 11.3 Å². The Balaban J connectivity index is 1.27. The maximum Gasteiger partial charge on any atom is 0.137 e. The summed E-state index contributed by atoms with van der Waals surface area (Å²) in [6, 6.07) is 12.9. The van der Waals surface area contributed by atoms with Crippen LogP contribution in [0.25, 0.3) is 23.0 Å². The normalized spacial score (nSPS) is 15.6. The molecule has 28 heavy (non-hydrogen) atoms. The molecule has 0 radical (unpaired) electrons.